The van der Waals surface area contributed by atoms with Crippen molar-refractivity contribution in [1.82, 2.24) is 23.9 Å². The first-order chi connectivity index (χ1) is 19.5. The summed E-state index contributed by atoms with van der Waals surface area (Å²) in [4.78, 5) is 37.1. The maximum absolute atomic E-state index is 13.8. The number of benzene rings is 2. The smallest absolute Gasteiger partial charge is 0.756 e. The van der Waals surface area contributed by atoms with Crippen LogP contribution in [0.5, 0.6) is 0 Å². The van der Waals surface area contributed by atoms with Crippen LogP contribution in [-0.2, 0) is 28.2 Å². The molecular formula is C24H19ClN5O9PS. The van der Waals surface area contributed by atoms with Crippen LogP contribution in [0.3, 0.4) is 0 Å². The van der Waals surface area contributed by atoms with Crippen LogP contribution in [0.1, 0.15) is 7.65 Å². The molecule has 14 nitrogen and oxygen atoms in total. The van der Waals surface area contributed by atoms with Crippen molar-refractivity contribution in [2.45, 2.75) is 34.6 Å². The number of phosphoric ester groups is 1. The van der Waals surface area contributed by atoms with E-state index in [0.717, 1.165) is 10.1 Å². The summed E-state index contributed by atoms with van der Waals surface area (Å²) in [5.74, 6) is 0.0616. The number of hydrogen-bond acceptors (Lipinski definition) is 11. The molecule has 3 unspecified atom stereocenters. The fraction of sp³-hybridized carbons (Fsp3) is 0.208. The highest BCUT2D eigenvalue weighted by atomic mass is 35.5. The number of nitrogens with zero attached hydrogens (tertiary/aromatic N) is 4. The molecule has 0 bridgehead atoms. The number of hydrogen-bond donors (Lipinski definition) is 2. The highest BCUT2D eigenvalue weighted by molar-refractivity contribution is 7.91. The van der Waals surface area contributed by atoms with Gasteiger partial charge in [0.2, 0.25) is 20.8 Å². The Labute approximate surface area is 236 Å². The van der Waals surface area contributed by atoms with Crippen LogP contribution in [0.15, 0.2) is 75.6 Å². The van der Waals surface area contributed by atoms with Gasteiger partial charge in [-0.05, 0) is 29.8 Å². The number of ether oxygens (including phenoxy) is 1. The summed E-state index contributed by atoms with van der Waals surface area (Å²) in [6, 6.07) is 14.4. The van der Waals surface area contributed by atoms with Gasteiger partial charge in [-0.1, -0.05) is 41.9 Å². The predicted octanol–water partition coefficient (Wildman–Crippen LogP) is 1.78. The molecule has 2 aromatic carbocycles. The van der Waals surface area contributed by atoms with Crippen LogP contribution in [-0.4, -0.2) is 62.4 Å². The van der Waals surface area contributed by atoms with E-state index in [2.05, 4.69) is 15.0 Å². The highest BCUT2D eigenvalue weighted by Gasteiger charge is 2.52. The van der Waals surface area contributed by atoms with Gasteiger partial charge in [-0.3, -0.25) is 13.9 Å². The molecule has 0 amide bonds. The lowest BCUT2D eigenvalue weighted by atomic mass is 10.1. The molecule has 7 rings (SSSR count). The fourth-order valence-corrected chi connectivity index (χ4v) is 7.39. The molecule has 3 aromatic heterocycles. The van der Waals surface area contributed by atoms with Gasteiger partial charge in [0, 0.05) is 11.2 Å². The molecule has 2 fully saturated rings. The second kappa shape index (κ2) is 9.31. The fourth-order valence-electron chi connectivity index (χ4n) is 4.95. The SMILES string of the molecule is O=c1c2nc(S(=O)(=O)c3ccc(Cl)cc3)n([C@@H]3OC4COP(=O)([O-])O[C@H]4C3O)c2nc2[nH]c(-c3ccccc3)cn12.[H+]. The lowest BCUT2D eigenvalue weighted by Gasteiger charge is -2.34. The van der Waals surface area contributed by atoms with Gasteiger partial charge < -0.3 is 28.8 Å². The van der Waals surface area contributed by atoms with E-state index in [-0.39, 0.29) is 23.3 Å². The number of fused-ring (bicyclic) bond motifs is 3. The van der Waals surface area contributed by atoms with E-state index in [1.54, 1.807) is 0 Å². The number of nitrogens with one attached hydrogen (secondary N) is 1. The maximum Gasteiger partial charge on any atom is 1.00 e. The van der Waals surface area contributed by atoms with E-state index >= 15 is 0 Å². The summed E-state index contributed by atoms with van der Waals surface area (Å²) < 4.78 is 57.2. The normalized spacial score (nSPS) is 26.5. The van der Waals surface area contributed by atoms with Crippen LogP contribution >= 0.6 is 19.4 Å². The van der Waals surface area contributed by atoms with Gasteiger partial charge in [-0.15, -0.1) is 0 Å². The van der Waals surface area contributed by atoms with Crippen molar-refractivity contribution in [2.75, 3.05) is 6.61 Å². The van der Waals surface area contributed by atoms with Gasteiger partial charge in [0.15, 0.2) is 17.4 Å². The molecule has 17 heteroatoms. The van der Waals surface area contributed by atoms with Crippen molar-refractivity contribution in [3.63, 3.8) is 0 Å². The highest BCUT2D eigenvalue weighted by Crippen LogP contribution is 2.50. The van der Waals surface area contributed by atoms with Gasteiger partial charge in [-0.25, -0.2) is 17.8 Å². The van der Waals surface area contributed by atoms with Gasteiger partial charge in [0.1, 0.15) is 18.3 Å². The van der Waals surface area contributed by atoms with E-state index < -0.39 is 59.5 Å². The van der Waals surface area contributed by atoms with E-state index in [1.165, 1.54) is 34.9 Å². The zero-order valence-corrected chi connectivity index (χ0v) is 23.0. The number of aliphatic hydroxyl groups is 1. The standard InChI is InChI=1S/C24H19ClN5O9PS/c25-13-6-8-14(9-7-13)41(35,36)24-27-17-20(30(24)22-18(31)19-16(38-22)11-37-40(33,34)39-19)28-23-26-15(10-29(23)21(17)32)12-4-2-1-3-5-12/h1-10,16,18-19,22,31H,11H2,(H,26,28)(H,33,34)/t16?,18?,19-,22-/m1/s1. The quantitative estimate of drug-likeness (QED) is 0.279. The first-order valence-corrected chi connectivity index (χ1v) is 15.4. The topological polar surface area (TPSA) is 190 Å². The zero-order chi connectivity index (χ0) is 28.7. The average molecular weight is 620 g/mol. The van der Waals surface area contributed by atoms with E-state index in [1.807, 2.05) is 30.3 Å². The largest absolute Gasteiger partial charge is 1.00 e. The maximum atomic E-state index is 13.8. The summed E-state index contributed by atoms with van der Waals surface area (Å²) in [6.07, 6.45) is -4.23. The van der Waals surface area contributed by atoms with Crippen LogP contribution in [0.25, 0.3) is 28.2 Å². The molecule has 41 heavy (non-hydrogen) atoms. The zero-order valence-electron chi connectivity index (χ0n) is 21.5. The molecule has 2 N–H and O–H groups in total. The molecule has 2 aliphatic rings. The van der Waals surface area contributed by atoms with Crippen LogP contribution < -0.4 is 10.5 Å². The molecule has 0 saturated carbocycles. The first kappa shape index (κ1) is 26.5. The number of aliphatic hydroxyl groups excluding tert-OH is 1. The van der Waals surface area contributed by atoms with Crippen LogP contribution in [0, 0.1) is 0 Å². The Balaban J connectivity index is 0.00000316. The predicted molar refractivity (Wildman–Crippen MR) is 141 cm³/mol. The summed E-state index contributed by atoms with van der Waals surface area (Å²) in [6.45, 7) is -0.470. The Bertz CT molecular complexity index is 2050. The number of imidazole rings is 2. The van der Waals surface area contributed by atoms with Crippen molar-refractivity contribution in [1.29, 1.82) is 0 Å². The minimum atomic E-state index is -4.73. The molecule has 2 aliphatic heterocycles. The van der Waals surface area contributed by atoms with Crippen molar-refractivity contribution in [3.8, 4) is 11.3 Å². The Morgan fingerprint density at radius 3 is 2.61 bits per heavy atom. The minimum Gasteiger partial charge on any atom is -0.756 e. The Morgan fingerprint density at radius 2 is 1.88 bits per heavy atom. The third kappa shape index (κ3) is 4.24. The van der Waals surface area contributed by atoms with Gasteiger partial charge >= 0.3 is 1.43 Å². The Kier molecular flexibility index (Phi) is 6.01. The number of aromatic nitrogens is 5. The monoisotopic (exact) mass is 619 g/mol. The number of H-pyrrole nitrogens is 1. The van der Waals surface area contributed by atoms with Gasteiger partial charge in [0.05, 0.1) is 17.2 Å². The lowest BCUT2D eigenvalue weighted by Crippen LogP contribution is -2.41. The Morgan fingerprint density at radius 1 is 1.15 bits per heavy atom. The van der Waals surface area contributed by atoms with Crippen LogP contribution in [0.2, 0.25) is 5.02 Å². The molecule has 0 aliphatic carbocycles. The minimum absolute atomic E-state index is 0. The van der Waals surface area contributed by atoms with E-state index in [0.29, 0.717) is 10.7 Å². The molecule has 0 radical (unpaired) electrons. The molecule has 5 aromatic rings. The second-order valence-corrected chi connectivity index (χ2v) is 13.1. The van der Waals surface area contributed by atoms with Crippen molar-refractivity contribution in [2.24, 2.45) is 0 Å². The molecule has 0 spiro atoms. The van der Waals surface area contributed by atoms with Crippen molar-refractivity contribution in [3.05, 3.63) is 76.2 Å². The Hall–Kier alpha value is -3.40. The summed E-state index contributed by atoms with van der Waals surface area (Å²) in [7, 11) is -9.19. The molecule has 5 heterocycles. The van der Waals surface area contributed by atoms with E-state index in [4.69, 9.17) is 25.4 Å². The molecule has 212 valence electrons. The molecule has 5 atom stereocenters. The average Bonchev–Trinajstić information content (AvgIpc) is 3.64. The van der Waals surface area contributed by atoms with Gasteiger partial charge in [-0.2, -0.15) is 4.98 Å². The van der Waals surface area contributed by atoms with Crippen molar-refractivity contribution < 1.29 is 38.2 Å². The summed E-state index contributed by atoms with van der Waals surface area (Å²) in [5.41, 5.74) is 0.0808. The number of halogens is 1. The molecular weight excluding hydrogens is 601 g/mol. The lowest BCUT2D eigenvalue weighted by molar-refractivity contribution is -0.245. The van der Waals surface area contributed by atoms with Crippen molar-refractivity contribution >= 4 is 46.2 Å². The first-order valence-electron chi connectivity index (χ1n) is 12.1. The summed E-state index contributed by atoms with van der Waals surface area (Å²) in [5, 5.41) is 10.8. The number of aromatic amines is 1. The number of rotatable bonds is 4. The third-order valence-corrected chi connectivity index (χ3v) is 9.76. The second-order valence-electron chi connectivity index (χ2n) is 9.41. The number of sulfone groups is 1. The molecule has 2 saturated heterocycles. The third-order valence-electron chi connectivity index (χ3n) is 6.88. The summed E-state index contributed by atoms with van der Waals surface area (Å²) >= 11 is 5.94. The van der Waals surface area contributed by atoms with Crippen LogP contribution in [0.4, 0.5) is 0 Å². The number of phosphoric acid groups is 1. The van der Waals surface area contributed by atoms with E-state index in [9.17, 15) is 27.8 Å². The van der Waals surface area contributed by atoms with Gasteiger partial charge in [0.25, 0.3) is 13.4 Å².